The number of amides is 1. The summed E-state index contributed by atoms with van der Waals surface area (Å²) in [6.07, 6.45) is 1.12. The molecule has 2 atom stereocenters. The van der Waals surface area contributed by atoms with Crippen LogP contribution in [-0.2, 0) is 14.6 Å². The minimum Gasteiger partial charge on any atom is -0.348 e. The molecule has 4 nitrogen and oxygen atoms in total. The van der Waals surface area contributed by atoms with Crippen LogP contribution in [0.25, 0.3) is 0 Å². The summed E-state index contributed by atoms with van der Waals surface area (Å²) in [7, 11) is -3.30. The number of carbonyl (C=O) groups excluding carboxylic acids is 1. The van der Waals surface area contributed by atoms with E-state index in [4.69, 9.17) is 0 Å². The Labute approximate surface area is 141 Å². The zero-order valence-electron chi connectivity index (χ0n) is 13.6. The van der Waals surface area contributed by atoms with Gasteiger partial charge < -0.3 is 5.32 Å². The van der Waals surface area contributed by atoms with Gasteiger partial charge in [0.1, 0.15) is 15.7 Å². The summed E-state index contributed by atoms with van der Waals surface area (Å²) in [6.45, 7) is 1.59. The Hall–Kier alpha value is -2.21. The van der Waals surface area contributed by atoms with Crippen LogP contribution >= 0.6 is 0 Å². The second-order valence-electron chi connectivity index (χ2n) is 5.81. The summed E-state index contributed by atoms with van der Waals surface area (Å²) in [4.78, 5) is 12.5. The van der Waals surface area contributed by atoms with Crippen molar-refractivity contribution in [2.24, 2.45) is 0 Å². The predicted molar refractivity (Wildman–Crippen MR) is 91.9 cm³/mol. The van der Waals surface area contributed by atoms with Crippen molar-refractivity contribution in [2.45, 2.75) is 18.9 Å². The van der Waals surface area contributed by atoms with Crippen LogP contribution in [0.2, 0.25) is 0 Å². The molecule has 0 fully saturated rings. The molecule has 0 radical (unpaired) electrons. The lowest BCUT2D eigenvalue weighted by molar-refractivity contribution is -0.122. The number of rotatable bonds is 6. The van der Waals surface area contributed by atoms with Crippen LogP contribution in [0.4, 0.5) is 4.39 Å². The third-order valence-corrected chi connectivity index (χ3v) is 4.69. The van der Waals surface area contributed by atoms with E-state index in [1.54, 1.807) is 49.4 Å². The number of hydrogen-bond donors (Lipinski definition) is 1. The Bertz CT molecular complexity index is 806. The third kappa shape index (κ3) is 4.89. The van der Waals surface area contributed by atoms with Gasteiger partial charge in [0.2, 0.25) is 5.91 Å². The van der Waals surface area contributed by atoms with E-state index < -0.39 is 33.5 Å². The second kappa shape index (κ2) is 7.57. The summed E-state index contributed by atoms with van der Waals surface area (Å²) in [6, 6.07) is 14.3. The summed E-state index contributed by atoms with van der Waals surface area (Å²) >= 11 is 0. The molecular formula is C18H20FNO3S. The van der Waals surface area contributed by atoms with Gasteiger partial charge in [0.25, 0.3) is 0 Å². The summed E-state index contributed by atoms with van der Waals surface area (Å²) in [5, 5.41) is 2.73. The molecule has 0 spiro atoms. The number of nitrogens with one attached hydrogen (secondary N) is 1. The molecule has 0 heterocycles. The smallest absolute Gasteiger partial charge is 0.227 e. The quantitative estimate of drug-likeness (QED) is 0.872. The maximum Gasteiger partial charge on any atom is 0.227 e. The highest BCUT2D eigenvalue weighted by Gasteiger charge is 2.24. The highest BCUT2D eigenvalue weighted by molar-refractivity contribution is 7.90. The first-order valence-corrected chi connectivity index (χ1v) is 9.61. The van der Waals surface area contributed by atoms with Crippen molar-refractivity contribution in [2.75, 3.05) is 12.0 Å². The van der Waals surface area contributed by atoms with Gasteiger partial charge in [0.05, 0.1) is 17.7 Å². The van der Waals surface area contributed by atoms with Crippen molar-refractivity contribution in [3.05, 3.63) is 71.5 Å². The molecule has 0 unspecified atom stereocenters. The van der Waals surface area contributed by atoms with Gasteiger partial charge in [-0.1, -0.05) is 48.5 Å². The lowest BCUT2D eigenvalue weighted by Gasteiger charge is -2.21. The van der Waals surface area contributed by atoms with Gasteiger partial charge >= 0.3 is 0 Å². The standard InChI is InChI=1S/C18H20FNO3S/c1-13(15-10-6-7-11-16(15)19)18(21)20-17(12-24(2,22)23)14-8-4-3-5-9-14/h3-11,13,17H,12H2,1-2H3,(H,20,21)/t13-,17+/m0/s1. The van der Waals surface area contributed by atoms with E-state index in [0.29, 0.717) is 5.56 Å². The monoisotopic (exact) mass is 349 g/mol. The van der Waals surface area contributed by atoms with Gasteiger partial charge in [-0.3, -0.25) is 4.79 Å². The zero-order valence-corrected chi connectivity index (χ0v) is 14.4. The van der Waals surface area contributed by atoms with Gasteiger partial charge in [-0.25, -0.2) is 12.8 Å². The predicted octanol–water partition coefficient (Wildman–Crippen LogP) is 2.83. The molecule has 0 saturated carbocycles. The molecule has 24 heavy (non-hydrogen) atoms. The van der Waals surface area contributed by atoms with E-state index in [-0.39, 0.29) is 11.3 Å². The fraction of sp³-hybridized carbons (Fsp3) is 0.278. The molecule has 2 aromatic rings. The molecule has 0 saturated heterocycles. The number of benzene rings is 2. The fourth-order valence-electron chi connectivity index (χ4n) is 2.47. The summed E-state index contributed by atoms with van der Waals surface area (Å²) in [5.41, 5.74) is 0.971. The topological polar surface area (TPSA) is 63.2 Å². The van der Waals surface area contributed by atoms with Crippen LogP contribution in [0, 0.1) is 5.82 Å². The second-order valence-corrected chi connectivity index (χ2v) is 7.99. The summed E-state index contributed by atoms with van der Waals surface area (Å²) < 4.78 is 37.2. The molecule has 0 aliphatic rings. The molecule has 0 aliphatic heterocycles. The lowest BCUT2D eigenvalue weighted by atomic mass is 9.99. The van der Waals surface area contributed by atoms with Crippen LogP contribution in [0.3, 0.4) is 0 Å². The van der Waals surface area contributed by atoms with Crippen LogP contribution in [0.5, 0.6) is 0 Å². The van der Waals surface area contributed by atoms with Crippen LogP contribution in [0.15, 0.2) is 54.6 Å². The summed E-state index contributed by atoms with van der Waals surface area (Å²) in [5.74, 6) is -1.82. The van der Waals surface area contributed by atoms with Crippen molar-refractivity contribution in [3.8, 4) is 0 Å². The Morgan fingerprint density at radius 3 is 2.25 bits per heavy atom. The highest BCUT2D eigenvalue weighted by atomic mass is 32.2. The molecule has 1 amide bonds. The largest absolute Gasteiger partial charge is 0.348 e. The van der Waals surface area contributed by atoms with Crippen molar-refractivity contribution in [1.29, 1.82) is 0 Å². The van der Waals surface area contributed by atoms with Gasteiger partial charge in [0.15, 0.2) is 0 Å². The van der Waals surface area contributed by atoms with E-state index in [9.17, 15) is 17.6 Å². The SMILES string of the molecule is C[C@H](C(=O)N[C@H](CS(C)(=O)=O)c1ccccc1)c1ccccc1F. The Balaban J connectivity index is 2.23. The first kappa shape index (κ1) is 18.1. The van der Waals surface area contributed by atoms with Crippen molar-refractivity contribution in [3.63, 3.8) is 0 Å². The van der Waals surface area contributed by atoms with Crippen molar-refractivity contribution in [1.82, 2.24) is 5.32 Å². The molecule has 0 aliphatic carbocycles. The first-order valence-electron chi connectivity index (χ1n) is 7.55. The molecule has 0 bridgehead atoms. The normalized spacial score (nSPS) is 14.0. The molecule has 6 heteroatoms. The Morgan fingerprint density at radius 2 is 1.67 bits per heavy atom. The average Bonchev–Trinajstić information content (AvgIpc) is 2.53. The van der Waals surface area contributed by atoms with Gasteiger partial charge in [0, 0.05) is 6.26 Å². The molecule has 1 N–H and O–H groups in total. The highest BCUT2D eigenvalue weighted by Crippen LogP contribution is 2.21. The number of sulfone groups is 1. The maximum atomic E-state index is 13.9. The lowest BCUT2D eigenvalue weighted by Crippen LogP contribution is -2.35. The number of halogens is 1. The third-order valence-electron chi connectivity index (χ3n) is 3.75. The molecule has 2 rings (SSSR count). The average molecular weight is 349 g/mol. The van der Waals surface area contributed by atoms with E-state index >= 15 is 0 Å². The molecular weight excluding hydrogens is 329 g/mol. The van der Waals surface area contributed by atoms with Gasteiger partial charge in [-0.05, 0) is 24.1 Å². The molecule has 0 aromatic heterocycles. The van der Waals surface area contributed by atoms with Crippen LogP contribution in [0.1, 0.15) is 30.0 Å². The molecule has 128 valence electrons. The maximum absolute atomic E-state index is 13.9. The fourth-order valence-corrected chi connectivity index (χ4v) is 3.35. The number of hydrogen-bond acceptors (Lipinski definition) is 3. The minimum atomic E-state index is -3.30. The zero-order chi connectivity index (χ0) is 17.7. The van der Waals surface area contributed by atoms with E-state index in [1.165, 1.54) is 6.07 Å². The number of carbonyl (C=O) groups is 1. The Kier molecular flexibility index (Phi) is 5.72. The van der Waals surface area contributed by atoms with Crippen LogP contribution in [-0.4, -0.2) is 26.3 Å². The first-order chi connectivity index (χ1) is 11.3. The molecule has 2 aromatic carbocycles. The van der Waals surface area contributed by atoms with E-state index in [2.05, 4.69) is 5.32 Å². The van der Waals surface area contributed by atoms with E-state index in [1.807, 2.05) is 6.07 Å². The van der Waals surface area contributed by atoms with Crippen molar-refractivity contribution < 1.29 is 17.6 Å². The van der Waals surface area contributed by atoms with E-state index in [0.717, 1.165) is 6.26 Å². The van der Waals surface area contributed by atoms with Gasteiger partial charge in [-0.2, -0.15) is 0 Å². The van der Waals surface area contributed by atoms with Gasteiger partial charge in [-0.15, -0.1) is 0 Å². The van der Waals surface area contributed by atoms with Crippen molar-refractivity contribution >= 4 is 15.7 Å². The minimum absolute atomic E-state index is 0.216. The van der Waals surface area contributed by atoms with Crippen LogP contribution < -0.4 is 5.32 Å². The Morgan fingerprint density at radius 1 is 1.08 bits per heavy atom.